The van der Waals surface area contributed by atoms with Crippen LogP contribution in [0.1, 0.15) is 16.8 Å². The fourth-order valence-corrected chi connectivity index (χ4v) is 1.71. The summed E-state index contributed by atoms with van der Waals surface area (Å²) in [5.41, 5.74) is 8.10. The first-order valence-electron chi connectivity index (χ1n) is 5.82. The lowest BCUT2D eigenvalue weighted by Gasteiger charge is -2.02. The Hall–Kier alpha value is -2.28. The molecule has 1 atom stereocenters. The van der Waals surface area contributed by atoms with Gasteiger partial charge >= 0.3 is 5.97 Å². The molecule has 0 spiro atoms. The molecule has 2 rings (SSSR count). The largest absolute Gasteiger partial charge is 0.480 e. The number of nitrogens with two attached hydrogens (primary N) is 1. The van der Waals surface area contributed by atoms with Crippen molar-refractivity contribution in [3.05, 3.63) is 41.5 Å². The minimum atomic E-state index is -1.04. The van der Waals surface area contributed by atoms with Gasteiger partial charge in [0, 0.05) is 25.0 Å². The van der Waals surface area contributed by atoms with Crippen molar-refractivity contribution in [3.8, 4) is 0 Å². The van der Waals surface area contributed by atoms with Crippen molar-refractivity contribution < 1.29 is 9.90 Å². The minimum absolute atomic E-state index is 0.168. The second-order valence-electron chi connectivity index (χ2n) is 4.43. The third-order valence-corrected chi connectivity index (χ3v) is 2.61. The second-order valence-corrected chi connectivity index (χ2v) is 4.43. The Morgan fingerprint density at radius 2 is 2.32 bits per heavy atom. The minimum Gasteiger partial charge on any atom is -0.480 e. The Morgan fingerprint density at radius 3 is 3.00 bits per heavy atom. The molecule has 0 aliphatic rings. The average molecular weight is 261 g/mol. The zero-order valence-corrected chi connectivity index (χ0v) is 10.5. The van der Waals surface area contributed by atoms with Gasteiger partial charge in [0.2, 0.25) is 0 Å². The molecule has 0 bridgehead atoms. The monoisotopic (exact) mass is 261 g/mol. The molecule has 7 heteroatoms. The van der Waals surface area contributed by atoms with E-state index in [1.165, 1.54) is 0 Å². The molecule has 0 aliphatic heterocycles. The van der Waals surface area contributed by atoms with Crippen LogP contribution in [-0.4, -0.2) is 37.1 Å². The van der Waals surface area contributed by atoms with Crippen LogP contribution in [-0.2, 0) is 17.8 Å². The van der Waals surface area contributed by atoms with E-state index < -0.39 is 12.0 Å². The molecule has 0 fully saturated rings. The van der Waals surface area contributed by atoms with Gasteiger partial charge in [-0.25, -0.2) is 4.68 Å². The van der Waals surface area contributed by atoms with Crippen LogP contribution in [0, 0.1) is 6.92 Å². The molecule has 0 aliphatic carbocycles. The van der Waals surface area contributed by atoms with Crippen LogP contribution in [0.4, 0.5) is 0 Å². The third kappa shape index (κ3) is 3.59. The fraction of sp³-hybridized carbons (Fsp3) is 0.333. The van der Waals surface area contributed by atoms with Crippen LogP contribution in [0.5, 0.6) is 0 Å². The lowest BCUT2D eigenvalue weighted by molar-refractivity contribution is -0.138. The van der Waals surface area contributed by atoms with Gasteiger partial charge in [0.25, 0.3) is 0 Å². The number of carboxylic acids is 1. The molecule has 0 radical (unpaired) electrons. The molecular weight excluding hydrogens is 246 g/mol. The highest BCUT2D eigenvalue weighted by molar-refractivity contribution is 5.73. The zero-order chi connectivity index (χ0) is 13.8. The summed E-state index contributed by atoms with van der Waals surface area (Å²) in [4.78, 5) is 14.8. The van der Waals surface area contributed by atoms with Gasteiger partial charge < -0.3 is 10.8 Å². The number of carboxylic acid groups (broad SMARTS) is 1. The summed E-state index contributed by atoms with van der Waals surface area (Å²) in [5.74, 6) is -1.04. The van der Waals surface area contributed by atoms with Crippen LogP contribution >= 0.6 is 0 Å². The van der Waals surface area contributed by atoms with Crippen molar-refractivity contribution in [1.29, 1.82) is 0 Å². The zero-order valence-electron chi connectivity index (χ0n) is 10.5. The first-order chi connectivity index (χ1) is 9.04. The van der Waals surface area contributed by atoms with E-state index in [9.17, 15) is 4.79 Å². The maximum Gasteiger partial charge on any atom is 0.320 e. The van der Waals surface area contributed by atoms with Gasteiger partial charge in [0.05, 0.1) is 12.2 Å². The van der Waals surface area contributed by atoms with Crippen LogP contribution in [0.3, 0.4) is 0 Å². The van der Waals surface area contributed by atoms with Crippen LogP contribution in [0.25, 0.3) is 0 Å². The van der Waals surface area contributed by atoms with E-state index in [2.05, 4.69) is 15.3 Å². The smallest absolute Gasteiger partial charge is 0.320 e. The van der Waals surface area contributed by atoms with Gasteiger partial charge in [-0.05, 0) is 18.1 Å². The Kier molecular flexibility index (Phi) is 3.86. The van der Waals surface area contributed by atoms with Crippen molar-refractivity contribution in [1.82, 2.24) is 20.0 Å². The molecule has 3 N–H and O–H groups in total. The summed E-state index contributed by atoms with van der Waals surface area (Å²) >= 11 is 0. The van der Waals surface area contributed by atoms with Crippen molar-refractivity contribution in [2.45, 2.75) is 25.9 Å². The van der Waals surface area contributed by atoms with Gasteiger partial charge in [0.15, 0.2) is 0 Å². The first kappa shape index (κ1) is 13.2. The summed E-state index contributed by atoms with van der Waals surface area (Å²) in [6, 6.07) is 1.06. The lowest BCUT2D eigenvalue weighted by Crippen LogP contribution is -2.32. The number of pyridine rings is 1. The number of nitrogens with zero attached hydrogens (tertiary/aromatic N) is 4. The molecule has 19 heavy (non-hydrogen) atoms. The average Bonchev–Trinajstić information content (AvgIpc) is 2.76. The maximum atomic E-state index is 10.7. The molecule has 2 aromatic heterocycles. The molecule has 100 valence electrons. The third-order valence-electron chi connectivity index (χ3n) is 2.61. The summed E-state index contributed by atoms with van der Waals surface area (Å²) in [7, 11) is 0. The Morgan fingerprint density at radius 1 is 1.53 bits per heavy atom. The standard InChI is InChI=1S/C12H15N5O2/c1-8-2-9(5-14-4-8)6-17-7-10(15-16-17)3-11(13)12(18)19/h2,4-5,7,11H,3,6,13H2,1H3,(H,18,19). The molecule has 0 saturated heterocycles. The first-order valence-corrected chi connectivity index (χ1v) is 5.82. The normalized spacial score (nSPS) is 12.3. The van der Waals surface area contributed by atoms with E-state index in [0.29, 0.717) is 12.2 Å². The Labute approximate surface area is 110 Å². The van der Waals surface area contributed by atoms with E-state index in [0.717, 1.165) is 11.1 Å². The van der Waals surface area contributed by atoms with Gasteiger partial charge in [-0.3, -0.25) is 9.78 Å². The molecular formula is C12H15N5O2. The number of aryl methyl sites for hydroxylation is 1. The summed E-state index contributed by atoms with van der Waals surface area (Å²) in [5, 5.41) is 16.6. The molecule has 2 heterocycles. The SMILES string of the molecule is Cc1cncc(Cn2cc(CC(N)C(=O)O)nn2)c1. The summed E-state index contributed by atoms with van der Waals surface area (Å²) in [6.45, 7) is 2.51. The molecule has 0 saturated carbocycles. The van der Waals surface area contributed by atoms with E-state index in [-0.39, 0.29) is 6.42 Å². The number of carbonyl (C=O) groups is 1. The number of aromatic nitrogens is 4. The summed E-state index contributed by atoms with van der Waals surface area (Å²) in [6.07, 6.45) is 5.41. The highest BCUT2D eigenvalue weighted by Crippen LogP contribution is 2.05. The van der Waals surface area contributed by atoms with Crippen molar-refractivity contribution in [2.75, 3.05) is 0 Å². The van der Waals surface area contributed by atoms with Crippen LogP contribution in [0.2, 0.25) is 0 Å². The maximum absolute atomic E-state index is 10.7. The molecule has 2 aromatic rings. The van der Waals surface area contributed by atoms with E-state index in [1.807, 2.05) is 13.0 Å². The number of hydrogen-bond donors (Lipinski definition) is 2. The predicted octanol–water partition coefficient (Wildman–Crippen LogP) is -0.0158. The number of hydrogen-bond acceptors (Lipinski definition) is 5. The lowest BCUT2D eigenvalue weighted by atomic mass is 10.2. The number of aliphatic carboxylic acids is 1. The fourth-order valence-electron chi connectivity index (χ4n) is 1.71. The second kappa shape index (κ2) is 5.57. The van der Waals surface area contributed by atoms with Crippen molar-refractivity contribution in [3.63, 3.8) is 0 Å². The van der Waals surface area contributed by atoms with Gasteiger partial charge in [0.1, 0.15) is 6.04 Å². The topological polar surface area (TPSA) is 107 Å². The molecule has 7 nitrogen and oxygen atoms in total. The summed E-state index contributed by atoms with van der Waals surface area (Å²) < 4.78 is 1.64. The highest BCUT2D eigenvalue weighted by atomic mass is 16.4. The molecule has 1 unspecified atom stereocenters. The van der Waals surface area contributed by atoms with Crippen molar-refractivity contribution >= 4 is 5.97 Å². The van der Waals surface area contributed by atoms with Crippen molar-refractivity contribution in [2.24, 2.45) is 5.73 Å². The highest BCUT2D eigenvalue weighted by Gasteiger charge is 2.14. The Bertz CT molecular complexity index is 581. The molecule has 0 aromatic carbocycles. The van der Waals surface area contributed by atoms with E-state index in [1.54, 1.807) is 23.3 Å². The van der Waals surface area contributed by atoms with Crippen LogP contribution in [0.15, 0.2) is 24.7 Å². The van der Waals surface area contributed by atoms with Gasteiger partial charge in [-0.1, -0.05) is 11.3 Å². The Balaban J connectivity index is 2.03. The molecule has 0 amide bonds. The van der Waals surface area contributed by atoms with Gasteiger partial charge in [-0.15, -0.1) is 5.10 Å². The van der Waals surface area contributed by atoms with Gasteiger partial charge in [-0.2, -0.15) is 0 Å². The quantitative estimate of drug-likeness (QED) is 0.783. The number of rotatable bonds is 5. The van der Waals surface area contributed by atoms with Crippen LogP contribution < -0.4 is 5.73 Å². The van der Waals surface area contributed by atoms with E-state index >= 15 is 0 Å². The predicted molar refractivity (Wildman–Crippen MR) is 67.4 cm³/mol. The van der Waals surface area contributed by atoms with E-state index in [4.69, 9.17) is 10.8 Å².